The number of benzene rings is 3. The summed E-state index contributed by atoms with van der Waals surface area (Å²) in [5.74, 6) is 2.09. The van der Waals surface area contributed by atoms with Crippen LogP contribution in [0.5, 0.6) is 5.75 Å². The monoisotopic (exact) mass is 364 g/mol. The fourth-order valence-electron chi connectivity index (χ4n) is 5.91. The van der Waals surface area contributed by atoms with E-state index in [1.807, 2.05) is 0 Å². The third-order valence-corrected chi connectivity index (χ3v) is 7.16. The van der Waals surface area contributed by atoms with Crippen LogP contribution in [-0.4, -0.2) is 6.61 Å². The average molecular weight is 364 g/mol. The van der Waals surface area contributed by atoms with Crippen molar-refractivity contribution in [2.75, 3.05) is 6.61 Å². The predicted molar refractivity (Wildman–Crippen MR) is 116 cm³/mol. The topological polar surface area (TPSA) is 9.23 Å². The van der Waals surface area contributed by atoms with Crippen LogP contribution in [0.25, 0.3) is 16.3 Å². The Labute approximate surface area is 166 Å². The molecule has 0 unspecified atom stereocenters. The zero-order valence-electron chi connectivity index (χ0n) is 16.0. The molecule has 3 aliphatic rings. The van der Waals surface area contributed by atoms with E-state index in [9.17, 15) is 0 Å². The molecule has 1 spiro atoms. The van der Waals surface area contributed by atoms with Gasteiger partial charge in [-0.05, 0) is 53.2 Å². The number of hydrogen-bond acceptors (Lipinski definition) is 1. The molecule has 3 aromatic carbocycles. The Kier molecular flexibility index (Phi) is 3.53. The van der Waals surface area contributed by atoms with E-state index >= 15 is 0 Å². The van der Waals surface area contributed by atoms with Gasteiger partial charge in [-0.3, -0.25) is 0 Å². The van der Waals surface area contributed by atoms with Gasteiger partial charge in [-0.25, -0.2) is 0 Å². The molecule has 2 aliphatic carbocycles. The van der Waals surface area contributed by atoms with E-state index in [1.165, 1.54) is 33.9 Å². The molecule has 1 heterocycles. The first kappa shape index (κ1) is 16.2. The summed E-state index contributed by atoms with van der Waals surface area (Å²) in [5.41, 5.74) is 4.39. The number of allylic oxidation sites excluding steroid dienone is 3. The molecule has 1 nitrogen and oxygen atoms in total. The van der Waals surface area contributed by atoms with Gasteiger partial charge in [0.25, 0.3) is 0 Å². The van der Waals surface area contributed by atoms with Crippen LogP contribution in [0.15, 0.2) is 85.0 Å². The van der Waals surface area contributed by atoms with E-state index in [4.69, 9.17) is 4.74 Å². The summed E-state index contributed by atoms with van der Waals surface area (Å²) < 4.78 is 6.47. The Balaban J connectivity index is 1.58. The fourth-order valence-corrected chi connectivity index (χ4v) is 5.91. The van der Waals surface area contributed by atoms with Gasteiger partial charge in [0.15, 0.2) is 0 Å². The van der Waals surface area contributed by atoms with Crippen molar-refractivity contribution in [1.29, 1.82) is 0 Å². The van der Waals surface area contributed by atoms with Gasteiger partial charge in [-0.15, -0.1) is 0 Å². The van der Waals surface area contributed by atoms with Gasteiger partial charge in [0.2, 0.25) is 0 Å². The van der Waals surface area contributed by atoms with Crippen molar-refractivity contribution >= 4 is 16.3 Å². The second-order valence-electron chi connectivity index (χ2n) is 8.45. The quantitative estimate of drug-likeness (QED) is 0.434. The highest BCUT2D eigenvalue weighted by molar-refractivity contribution is 5.89. The third kappa shape index (κ3) is 2.19. The molecule has 1 aliphatic heterocycles. The second kappa shape index (κ2) is 6.10. The van der Waals surface area contributed by atoms with Gasteiger partial charge in [0.1, 0.15) is 5.75 Å². The maximum atomic E-state index is 6.47. The minimum atomic E-state index is 0.0648. The van der Waals surface area contributed by atoms with E-state index in [0.29, 0.717) is 11.8 Å². The molecular formula is C27H24O. The molecule has 0 bridgehead atoms. The SMILES string of the molecule is C1=C[C@@]23COc4ccc5ccccc5c4[C@@H]2CC=C(c2ccccc2)[C@H]3CC1. The molecule has 3 aromatic rings. The molecule has 0 radical (unpaired) electrons. The highest BCUT2D eigenvalue weighted by Crippen LogP contribution is 2.61. The van der Waals surface area contributed by atoms with Gasteiger partial charge in [0.05, 0.1) is 6.61 Å². The Morgan fingerprint density at radius 2 is 1.71 bits per heavy atom. The van der Waals surface area contributed by atoms with Gasteiger partial charge >= 0.3 is 0 Å². The van der Waals surface area contributed by atoms with E-state index in [0.717, 1.165) is 25.2 Å². The molecule has 138 valence electrons. The minimum absolute atomic E-state index is 0.0648. The Hall–Kier alpha value is -2.80. The van der Waals surface area contributed by atoms with Crippen LogP contribution in [0.3, 0.4) is 0 Å². The average Bonchev–Trinajstić information content (AvgIpc) is 2.77. The Bertz CT molecular complexity index is 1110. The second-order valence-corrected chi connectivity index (χ2v) is 8.45. The Morgan fingerprint density at radius 3 is 2.64 bits per heavy atom. The van der Waals surface area contributed by atoms with Crippen LogP contribution in [0.2, 0.25) is 0 Å². The van der Waals surface area contributed by atoms with Crippen molar-refractivity contribution in [2.24, 2.45) is 11.3 Å². The summed E-state index contributed by atoms with van der Waals surface area (Å²) in [6, 6.07) is 24.1. The minimum Gasteiger partial charge on any atom is -0.492 e. The lowest BCUT2D eigenvalue weighted by atomic mass is 9.54. The van der Waals surface area contributed by atoms with Crippen molar-refractivity contribution in [3.63, 3.8) is 0 Å². The molecule has 3 atom stereocenters. The van der Waals surface area contributed by atoms with Crippen molar-refractivity contribution in [1.82, 2.24) is 0 Å². The van der Waals surface area contributed by atoms with E-state index in [2.05, 4.69) is 85.0 Å². The fraction of sp³-hybridized carbons (Fsp3) is 0.259. The van der Waals surface area contributed by atoms with Crippen LogP contribution in [0.1, 0.15) is 36.3 Å². The largest absolute Gasteiger partial charge is 0.492 e. The number of rotatable bonds is 1. The van der Waals surface area contributed by atoms with Crippen molar-refractivity contribution in [3.05, 3.63) is 96.1 Å². The summed E-state index contributed by atoms with van der Waals surface area (Å²) in [7, 11) is 0. The van der Waals surface area contributed by atoms with Crippen LogP contribution in [0, 0.1) is 11.3 Å². The molecule has 6 rings (SSSR count). The molecular weight excluding hydrogens is 340 g/mol. The first-order valence-electron chi connectivity index (χ1n) is 10.4. The number of hydrogen-bond donors (Lipinski definition) is 0. The first-order valence-corrected chi connectivity index (χ1v) is 10.4. The van der Waals surface area contributed by atoms with Crippen molar-refractivity contribution in [3.8, 4) is 5.75 Å². The van der Waals surface area contributed by atoms with Gasteiger partial charge in [-0.2, -0.15) is 0 Å². The van der Waals surface area contributed by atoms with E-state index in [1.54, 1.807) is 0 Å². The third-order valence-electron chi connectivity index (χ3n) is 7.16. The maximum Gasteiger partial charge on any atom is 0.123 e. The summed E-state index contributed by atoms with van der Waals surface area (Å²) in [6.07, 6.45) is 10.9. The summed E-state index contributed by atoms with van der Waals surface area (Å²) >= 11 is 0. The molecule has 0 aromatic heterocycles. The lowest BCUT2D eigenvalue weighted by Crippen LogP contribution is -2.46. The zero-order chi connectivity index (χ0) is 18.6. The smallest absolute Gasteiger partial charge is 0.123 e. The van der Waals surface area contributed by atoms with E-state index in [-0.39, 0.29) is 5.41 Å². The molecule has 0 fully saturated rings. The Morgan fingerprint density at radius 1 is 0.857 bits per heavy atom. The zero-order valence-corrected chi connectivity index (χ0v) is 16.0. The molecule has 28 heavy (non-hydrogen) atoms. The lowest BCUT2D eigenvalue weighted by molar-refractivity contribution is 0.0808. The van der Waals surface area contributed by atoms with Crippen LogP contribution in [-0.2, 0) is 0 Å². The standard InChI is InChI=1S/C27H24O/c1-2-8-19(9-3-1)21-14-15-24-26-22-11-5-4-10-20(22)13-16-25(26)28-18-27(24)17-7-6-12-23(21)27/h1-5,7-11,13-14,16-17,23-24H,6,12,15,18H2/t23-,24+,27+/m1/s1. The van der Waals surface area contributed by atoms with Gasteiger partial charge in [0, 0.05) is 16.9 Å². The van der Waals surface area contributed by atoms with Crippen LogP contribution < -0.4 is 4.74 Å². The summed E-state index contributed by atoms with van der Waals surface area (Å²) in [4.78, 5) is 0. The maximum absolute atomic E-state index is 6.47. The number of ether oxygens (including phenoxy) is 1. The van der Waals surface area contributed by atoms with Crippen molar-refractivity contribution in [2.45, 2.75) is 25.2 Å². The summed E-state index contributed by atoms with van der Waals surface area (Å²) in [6.45, 7) is 0.786. The molecule has 0 N–H and O–H groups in total. The molecule has 0 amide bonds. The van der Waals surface area contributed by atoms with Crippen LogP contribution in [0.4, 0.5) is 0 Å². The summed E-state index contributed by atoms with van der Waals surface area (Å²) in [5, 5.41) is 2.68. The molecule has 0 saturated carbocycles. The van der Waals surface area contributed by atoms with Gasteiger partial charge in [-0.1, -0.05) is 78.9 Å². The number of fused-ring (bicyclic) bond motifs is 4. The molecule has 0 saturated heterocycles. The van der Waals surface area contributed by atoms with E-state index < -0.39 is 0 Å². The first-order chi connectivity index (χ1) is 13.9. The highest BCUT2D eigenvalue weighted by Gasteiger charge is 2.52. The molecule has 1 heteroatoms. The normalized spacial score (nSPS) is 27.9. The van der Waals surface area contributed by atoms with Crippen molar-refractivity contribution < 1.29 is 4.74 Å². The highest BCUT2D eigenvalue weighted by atomic mass is 16.5. The van der Waals surface area contributed by atoms with Gasteiger partial charge < -0.3 is 4.74 Å². The predicted octanol–water partition coefficient (Wildman–Crippen LogP) is 6.76. The van der Waals surface area contributed by atoms with Crippen LogP contribution >= 0.6 is 0 Å². The lowest BCUT2D eigenvalue weighted by Gasteiger charge is -2.52.